The van der Waals surface area contributed by atoms with Crippen LogP contribution in [-0.2, 0) is 4.79 Å². The van der Waals surface area contributed by atoms with Crippen LogP contribution < -0.4 is 56.5 Å². The molecule has 0 radical (unpaired) electrons. The van der Waals surface area contributed by atoms with Crippen molar-refractivity contribution in [1.82, 2.24) is 0 Å². The van der Waals surface area contributed by atoms with Crippen LogP contribution in [0.3, 0.4) is 0 Å². The van der Waals surface area contributed by atoms with Crippen molar-refractivity contribution in [3.8, 4) is 0 Å². The van der Waals surface area contributed by atoms with Gasteiger partial charge in [0.15, 0.2) is 0 Å². The van der Waals surface area contributed by atoms with Crippen LogP contribution in [0.2, 0.25) is 0 Å². The maximum atomic E-state index is 10.2. The van der Waals surface area contributed by atoms with Gasteiger partial charge in [0, 0.05) is 12.4 Å². The van der Waals surface area contributed by atoms with Crippen molar-refractivity contribution < 1.29 is 76.6 Å². The Bertz CT molecular complexity index is 279. The van der Waals surface area contributed by atoms with Gasteiger partial charge in [-0.3, -0.25) is 0 Å². The van der Waals surface area contributed by atoms with Crippen LogP contribution in [-0.4, -0.2) is 27.3 Å². The van der Waals surface area contributed by atoms with Crippen LogP contribution in [0.4, 0.5) is 0 Å². The quantitative estimate of drug-likeness (QED) is 0.184. The first kappa shape index (κ1) is 27.2. The Morgan fingerprint density at radius 3 is 1.21 bits per heavy atom. The molecule has 0 aromatic rings. The van der Waals surface area contributed by atoms with Gasteiger partial charge in [-0.15, -0.1) is 0 Å². The van der Waals surface area contributed by atoms with Gasteiger partial charge in [-0.25, -0.2) is 0 Å². The number of unbranched alkanes of at least 4 members (excludes halogenated alkanes) is 13. The maximum absolute atomic E-state index is 10.2. The van der Waals surface area contributed by atoms with E-state index in [-0.39, 0.29) is 64.2 Å². The van der Waals surface area contributed by atoms with Crippen molar-refractivity contribution in [3.05, 3.63) is 0 Å². The molecule has 0 unspecified atom stereocenters. The minimum Gasteiger partial charge on any atom is -0.550 e. The second-order valence-corrected chi connectivity index (χ2v) is 6.60. The molecular formula is C18H35KO5. The molecule has 0 aliphatic heterocycles. The summed E-state index contributed by atoms with van der Waals surface area (Å²) in [4.78, 5) is 10.2. The molecule has 0 saturated heterocycles. The first-order valence-corrected chi connectivity index (χ1v) is 9.29. The molecule has 0 rings (SSSR count). The Labute approximate surface area is 189 Å². The van der Waals surface area contributed by atoms with Crippen LogP contribution in [0.1, 0.15) is 103 Å². The van der Waals surface area contributed by atoms with Gasteiger partial charge in [0.25, 0.3) is 5.97 Å². The number of carboxylic acids is 1. The van der Waals surface area contributed by atoms with Crippen molar-refractivity contribution in [2.24, 2.45) is 0 Å². The fraction of sp³-hybridized carbons (Fsp3) is 0.944. The molecular weight excluding hydrogens is 335 g/mol. The van der Waals surface area contributed by atoms with Gasteiger partial charge in [0.2, 0.25) is 0 Å². The number of hydrogen-bond acceptors (Lipinski definition) is 5. The average Bonchev–Trinajstić information content (AvgIpc) is 2.45. The van der Waals surface area contributed by atoms with Crippen LogP contribution in [0.15, 0.2) is 0 Å². The molecule has 0 aromatic carbocycles. The van der Waals surface area contributed by atoms with E-state index in [9.17, 15) is 9.90 Å². The van der Waals surface area contributed by atoms with E-state index >= 15 is 0 Å². The molecule has 0 saturated carbocycles. The molecule has 138 valence electrons. The second kappa shape index (κ2) is 18.8. The molecule has 24 heavy (non-hydrogen) atoms. The molecule has 0 fully saturated rings. The standard InChI is InChI=1S/C18H36O5.K/c19-17(20)15-13-11-9-7-5-3-1-2-4-6-8-10-12-14-16-18(21,22)23;/h21-23H,1-16H2,(H,19,20);/q;+1/p-1. The largest absolute Gasteiger partial charge is 1.00 e. The van der Waals surface area contributed by atoms with Gasteiger partial charge in [-0.2, -0.15) is 0 Å². The van der Waals surface area contributed by atoms with E-state index in [1.807, 2.05) is 0 Å². The van der Waals surface area contributed by atoms with Crippen LogP contribution in [0, 0.1) is 0 Å². The number of carbonyl (C=O) groups is 1. The van der Waals surface area contributed by atoms with E-state index in [4.69, 9.17) is 15.3 Å². The molecule has 0 bridgehead atoms. The predicted molar refractivity (Wildman–Crippen MR) is 88.3 cm³/mol. The maximum Gasteiger partial charge on any atom is 1.00 e. The summed E-state index contributed by atoms with van der Waals surface area (Å²) in [6.07, 6.45) is 15.7. The monoisotopic (exact) mass is 370 g/mol. The number of aliphatic hydroxyl groups is 3. The third kappa shape index (κ3) is 25.2. The molecule has 5 nitrogen and oxygen atoms in total. The van der Waals surface area contributed by atoms with Crippen molar-refractivity contribution >= 4 is 5.97 Å². The summed E-state index contributed by atoms with van der Waals surface area (Å²) in [6, 6.07) is 0. The third-order valence-corrected chi connectivity index (χ3v) is 4.14. The summed E-state index contributed by atoms with van der Waals surface area (Å²) in [5, 5.41) is 36.4. The summed E-state index contributed by atoms with van der Waals surface area (Å²) < 4.78 is 0. The first-order chi connectivity index (χ1) is 10.9. The number of hydrogen-bond donors (Lipinski definition) is 3. The van der Waals surface area contributed by atoms with Crippen LogP contribution in [0.25, 0.3) is 0 Å². The molecule has 0 aromatic heterocycles. The normalized spacial score (nSPS) is 11.3. The fourth-order valence-electron chi connectivity index (χ4n) is 2.75. The fourth-order valence-corrected chi connectivity index (χ4v) is 2.75. The first-order valence-electron chi connectivity index (χ1n) is 9.29. The number of carboxylic acid groups (broad SMARTS) is 1. The van der Waals surface area contributed by atoms with Gasteiger partial charge < -0.3 is 25.2 Å². The zero-order valence-corrected chi connectivity index (χ0v) is 18.6. The Kier molecular flexibility index (Phi) is 21.3. The molecule has 0 spiro atoms. The average molecular weight is 371 g/mol. The van der Waals surface area contributed by atoms with Crippen molar-refractivity contribution in [2.75, 3.05) is 0 Å². The number of carbonyl (C=O) groups excluding carboxylic acids is 1. The third-order valence-electron chi connectivity index (χ3n) is 4.14. The topological polar surface area (TPSA) is 101 Å². The van der Waals surface area contributed by atoms with Crippen molar-refractivity contribution in [2.45, 2.75) is 109 Å². The molecule has 0 atom stereocenters. The minimum absolute atomic E-state index is 0. The molecule has 0 amide bonds. The van der Waals surface area contributed by atoms with E-state index in [2.05, 4.69) is 0 Å². The van der Waals surface area contributed by atoms with Crippen molar-refractivity contribution in [3.63, 3.8) is 0 Å². The molecule has 0 aliphatic rings. The second-order valence-electron chi connectivity index (χ2n) is 6.60. The Balaban J connectivity index is 0. The van der Waals surface area contributed by atoms with Crippen molar-refractivity contribution in [1.29, 1.82) is 0 Å². The van der Waals surface area contributed by atoms with Gasteiger partial charge in [-0.05, 0) is 19.3 Å². The zero-order valence-electron chi connectivity index (χ0n) is 15.5. The Morgan fingerprint density at radius 1 is 0.625 bits per heavy atom. The SMILES string of the molecule is O=C([O-])CCCCCCCCCCCCCCCCC(O)(O)O.[K+]. The van der Waals surface area contributed by atoms with E-state index in [1.54, 1.807) is 0 Å². The van der Waals surface area contributed by atoms with E-state index in [1.165, 1.54) is 51.4 Å². The van der Waals surface area contributed by atoms with E-state index in [0.29, 0.717) is 6.42 Å². The summed E-state index contributed by atoms with van der Waals surface area (Å²) in [5.41, 5.74) is 0. The van der Waals surface area contributed by atoms with Gasteiger partial charge in [-0.1, -0.05) is 77.0 Å². The summed E-state index contributed by atoms with van der Waals surface area (Å²) in [6.45, 7) is 0. The summed E-state index contributed by atoms with van der Waals surface area (Å²) in [5.74, 6) is -3.43. The molecule has 6 heteroatoms. The van der Waals surface area contributed by atoms with Gasteiger partial charge >= 0.3 is 51.4 Å². The van der Waals surface area contributed by atoms with Gasteiger partial charge in [0.05, 0.1) is 0 Å². The van der Waals surface area contributed by atoms with E-state index in [0.717, 1.165) is 32.1 Å². The Hall–Kier alpha value is 0.986. The smallest absolute Gasteiger partial charge is 0.550 e. The molecule has 0 aliphatic carbocycles. The predicted octanol–water partition coefficient (Wildman–Crippen LogP) is -0.387. The number of aliphatic carboxylic acids is 1. The van der Waals surface area contributed by atoms with Crippen LogP contribution in [0.5, 0.6) is 0 Å². The van der Waals surface area contributed by atoms with E-state index < -0.39 is 11.9 Å². The van der Waals surface area contributed by atoms with Gasteiger partial charge in [0.1, 0.15) is 0 Å². The van der Waals surface area contributed by atoms with Crippen LogP contribution >= 0.6 is 0 Å². The number of rotatable bonds is 17. The Morgan fingerprint density at radius 2 is 0.917 bits per heavy atom. The summed E-state index contributed by atoms with van der Waals surface area (Å²) in [7, 11) is 0. The molecule has 0 heterocycles. The minimum atomic E-state index is -2.49. The zero-order chi connectivity index (χ0) is 17.4. The molecule has 3 N–H and O–H groups in total. The summed E-state index contributed by atoms with van der Waals surface area (Å²) >= 11 is 0.